The molecule has 0 fully saturated rings. The second kappa shape index (κ2) is 6.24. The fourth-order valence-corrected chi connectivity index (χ4v) is 1.65. The predicted octanol–water partition coefficient (Wildman–Crippen LogP) is 1.58. The van der Waals surface area contributed by atoms with Crippen LogP contribution in [0.15, 0.2) is 22.7 Å². The Kier molecular flexibility index (Phi) is 4.96. The number of rotatable bonds is 4. The van der Waals surface area contributed by atoms with Crippen LogP contribution in [0, 0.1) is 6.92 Å². The molecule has 0 aliphatic heterocycles. The number of carbonyl (C=O) groups excluding carboxylic acids is 2. The molecule has 1 aromatic carbocycles. The number of aryl methyl sites for hydroxylation is 1. The van der Waals surface area contributed by atoms with Crippen molar-refractivity contribution in [2.45, 2.75) is 6.92 Å². The first-order valence-corrected chi connectivity index (χ1v) is 5.76. The van der Waals surface area contributed by atoms with Crippen molar-refractivity contribution in [1.82, 2.24) is 5.32 Å². The molecular formula is C11H13BrN2O3. The molecule has 0 radical (unpaired) electrons. The number of nitrogens with two attached hydrogens (primary N) is 1. The van der Waals surface area contributed by atoms with Gasteiger partial charge in [0.15, 0.2) is 0 Å². The Morgan fingerprint density at radius 1 is 1.47 bits per heavy atom. The van der Waals surface area contributed by atoms with Crippen LogP contribution in [0.2, 0.25) is 0 Å². The standard InChI is InChI=1S/C11H13BrN2O3/c1-7-2-3-9(12)8(6-7)10(15)14-4-5-17-11(13)16/h2-3,6H,4-5H2,1H3,(H2,13,16)(H,14,15). The topological polar surface area (TPSA) is 81.4 Å². The molecule has 1 aromatic rings. The highest BCUT2D eigenvalue weighted by molar-refractivity contribution is 9.10. The molecule has 0 heterocycles. The maximum atomic E-state index is 11.7. The maximum Gasteiger partial charge on any atom is 0.404 e. The molecule has 2 amide bonds. The lowest BCUT2D eigenvalue weighted by molar-refractivity contribution is 0.0936. The molecule has 0 unspecified atom stereocenters. The third-order valence-corrected chi connectivity index (χ3v) is 2.69. The van der Waals surface area contributed by atoms with Gasteiger partial charge < -0.3 is 15.8 Å². The van der Waals surface area contributed by atoms with Gasteiger partial charge in [0.05, 0.1) is 12.1 Å². The summed E-state index contributed by atoms with van der Waals surface area (Å²) >= 11 is 3.30. The second-order valence-corrected chi connectivity index (χ2v) is 4.26. The zero-order valence-electron chi connectivity index (χ0n) is 9.33. The summed E-state index contributed by atoms with van der Waals surface area (Å²) in [6.07, 6.45) is -0.851. The summed E-state index contributed by atoms with van der Waals surface area (Å²) in [7, 11) is 0. The Balaban J connectivity index is 2.52. The van der Waals surface area contributed by atoms with E-state index in [4.69, 9.17) is 5.73 Å². The van der Waals surface area contributed by atoms with Crippen molar-refractivity contribution in [2.75, 3.05) is 13.2 Å². The van der Waals surface area contributed by atoms with Crippen LogP contribution in [0.5, 0.6) is 0 Å². The van der Waals surface area contributed by atoms with Crippen molar-refractivity contribution < 1.29 is 14.3 Å². The van der Waals surface area contributed by atoms with E-state index in [1.807, 2.05) is 19.1 Å². The first-order chi connectivity index (χ1) is 8.00. The van der Waals surface area contributed by atoms with Gasteiger partial charge in [-0.15, -0.1) is 0 Å². The van der Waals surface area contributed by atoms with Gasteiger partial charge in [0.25, 0.3) is 5.91 Å². The summed E-state index contributed by atoms with van der Waals surface area (Å²) in [5.41, 5.74) is 6.32. The maximum absolute atomic E-state index is 11.7. The molecule has 0 spiro atoms. The molecule has 17 heavy (non-hydrogen) atoms. The van der Waals surface area contributed by atoms with Gasteiger partial charge in [0.1, 0.15) is 6.61 Å². The Morgan fingerprint density at radius 3 is 2.82 bits per heavy atom. The van der Waals surface area contributed by atoms with Crippen molar-refractivity contribution >= 4 is 27.9 Å². The quantitative estimate of drug-likeness (QED) is 0.828. The number of ether oxygens (including phenoxy) is 1. The Labute approximate surface area is 107 Å². The first kappa shape index (κ1) is 13.5. The van der Waals surface area contributed by atoms with E-state index in [0.717, 1.165) is 10.0 Å². The first-order valence-electron chi connectivity index (χ1n) is 4.97. The van der Waals surface area contributed by atoms with Gasteiger partial charge in [-0.2, -0.15) is 0 Å². The van der Waals surface area contributed by atoms with Crippen LogP contribution >= 0.6 is 15.9 Å². The minimum absolute atomic E-state index is 0.0600. The molecule has 0 atom stereocenters. The lowest BCUT2D eigenvalue weighted by Gasteiger charge is -2.07. The lowest BCUT2D eigenvalue weighted by atomic mass is 10.1. The van der Waals surface area contributed by atoms with Crippen molar-refractivity contribution in [3.8, 4) is 0 Å². The molecule has 0 aliphatic rings. The number of hydrogen-bond acceptors (Lipinski definition) is 3. The smallest absolute Gasteiger partial charge is 0.404 e. The van der Waals surface area contributed by atoms with E-state index in [9.17, 15) is 9.59 Å². The second-order valence-electron chi connectivity index (χ2n) is 3.41. The number of amides is 2. The molecule has 92 valence electrons. The normalized spacial score (nSPS) is 9.76. The lowest BCUT2D eigenvalue weighted by Crippen LogP contribution is -2.29. The van der Waals surface area contributed by atoms with Crippen LogP contribution < -0.4 is 11.1 Å². The van der Waals surface area contributed by atoms with Gasteiger partial charge in [-0.3, -0.25) is 4.79 Å². The van der Waals surface area contributed by atoms with Crippen LogP contribution in [0.25, 0.3) is 0 Å². The monoisotopic (exact) mass is 300 g/mol. The molecule has 0 aliphatic carbocycles. The van der Waals surface area contributed by atoms with Gasteiger partial charge in [-0.05, 0) is 35.0 Å². The summed E-state index contributed by atoms with van der Waals surface area (Å²) in [6.45, 7) is 2.19. The van der Waals surface area contributed by atoms with Gasteiger partial charge in [0.2, 0.25) is 0 Å². The van der Waals surface area contributed by atoms with Crippen molar-refractivity contribution in [2.24, 2.45) is 5.73 Å². The summed E-state index contributed by atoms with van der Waals surface area (Å²) in [6, 6.07) is 5.48. The molecule has 6 heteroatoms. The number of carbonyl (C=O) groups is 2. The fourth-order valence-electron chi connectivity index (χ4n) is 1.22. The number of benzene rings is 1. The van der Waals surface area contributed by atoms with E-state index < -0.39 is 6.09 Å². The van der Waals surface area contributed by atoms with Gasteiger partial charge in [-0.25, -0.2) is 4.79 Å². The Hall–Kier alpha value is -1.56. The Bertz CT molecular complexity index is 435. The van der Waals surface area contributed by atoms with E-state index >= 15 is 0 Å². The van der Waals surface area contributed by atoms with E-state index in [1.165, 1.54) is 0 Å². The number of halogens is 1. The minimum atomic E-state index is -0.851. The molecule has 1 rings (SSSR count). The molecule has 5 nitrogen and oxygen atoms in total. The van der Waals surface area contributed by atoms with Crippen LogP contribution in [-0.4, -0.2) is 25.2 Å². The zero-order valence-corrected chi connectivity index (χ0v) is 10.9. The zero-order chi connectivity index (χ0) is 12.8. The molecule has 0 saturated carbocycles. The third kappa shape index (κ3) is 4.44. The van der Waals surface area contributed by atoms with Crippen LogP contribution in [0.3, 0.4) is 0 Å². The summed E-state index contributed by atoms with van der Waals surface area (Å²) in [4.78, 5) is 22.0. The number of nitrogens with one attached hydrogen (secondary N) is 1. The van der Waals surface area contributed by atoms with E-state index in [1.54, 1.807) is 6.07 Å². The van der Waals surface area contributed by atoms with Crippen molar-refractivity contribution in [1.29, 1.82) is 0 Å². The molecule has 0 saturated heterocycles. The highest BCUT2D eigenvalue weighted by atomic mass is 79.9. The van der Waals surface area contributed by atoms with Gasteiger partial charge >= 0.3 is 6.09 Å². The van der Waals surface area contributed by atoms with Crippen LogP contribution in [0.1, 0.15) is 15.9 Å². The van der Waals surface area contributed by atoms with E-state index in [2.05, 4.69) is 26.0 Å². The summed E-state index contributed by atoms with van der Waals surface area (Å²) in [5, 5.41) is 2.62. The average molecular weight is 301 g/mol. The van der Waals surface area contributed by atoms with Crippen molar-refractivity contribution in [3.63, 3.8) is 0 Å². The fraction of sp³-hybridized carbons (Fsp3) is 0.273. The highest BCUT2D eigenvalue weighted by Crippen LogP contribution is 2.17. The molecular weight excluding hydrogens is 288 g/mol. The molecule has 0 bridgehead atoms. The molecule has 3 N–H and O–H groups in total. The van der Waals surface area contributed by atoms with E-state index in [-0.39, 0.29) is 19.1 Å². The van der Waals surface area contributed by atoms with Crippen LogP contribution in [-0.2, 0) is 4.74 Å². The van der Waals surface area contributed by atoms with Crippen LogP contribution in [0.4, 0.5) is 4.79 Å². The summed E-state index contributed by atoms with van der Waals surface area (Å²) < 4.78 is 5.21. The largest absolute Gasteiger partial charge is 0.448 e. The van der Waals surface area contributed by atoms with Gasteiger partial charge in [-0.1, -0.05) is 11.6 Å². The average Bonchev–Trinajstić information content (AvgIpc) is 2.27. The van der Waals surface area contributed by atoms with E-state index in [0.29, 0.717) is 5.56 Å². The number of primary amides is 1. The number of hydrogen-bond donors (Lipinski definition) is 2. The summed E-state index contributed by atoms with van der Waals surface area (Å²) in [5.74, 6) is -0.228. The van der Waals surface area contributed by atoms with Gasteiger partial charge in [0, 0.05) is 4.47 Å². The third-order valence-electron chi connectivity index (χ3n) is 2.00. The SMILES string of the molecule is Cc1ccc(Br)c(C(=O)NCCOC(N)=O)c1. The minimum Gasteiger partial charge on any atom is -0.448 e. The molecule has 0 aromatic heterocycles. The predicted molar refractivity (Wildman–Crippen MR) is 66.7 cm³/mol. The Morgan fingerprint density at radius 2 is 2.18 bits per heavy atom. The van der Waals surface area contributed by atoms with Crippen molar-refractivity contribution in [3.05, 3.63) is 33.8 Å². The highest BCUT2D eigenvalue weighted by Gasteiger charge is 2.09.